The summed E-state index contributed by atoms with van der Waals surface area (Å²) in [5.41, 5.74) is 7.47. The van der Waals surface area contributed by atoms with E-state index in [1.807, 2.05) is 6.20 Å². The van der Waals surface area contributed by atoms with Crippen LogP contribution >= 0.6 is 0 Å². The van der Waals surface area contributed by atoms with Gasteiger partial charge in [0.2, 0.25) is 0 Å². The first-order valence-corrected chi connectivity index (χ1v) is 5.59. The quantitative estimate of drug-likeness (QED) is 0.695. The standard InChI is InChI=1S/C15H17N/c1-10-6-5-7-11(2)15(10)14-8-12(3)13(4)9-16-14/h5-9H,1-4H3. The Bertz CT molecular complexity index is 507. The molecule has 0 spiro atoms. The maximum absolute atomic E-state index is 4.53. The van der Waals surface area contributed by atoms with Gasteiger partial charge in [-0.2, -0.15) is 0 Å². The van der Waals surface area contributed by atoms with Gasteiger partial charge in [-0.1, -0.05) is 18.2 Å². The minimum atomic E-state index is 1.08. The number of nitrogens with zero attached hydrogens (tertiary/aromatic N) is 1. The van der Waals surface area contributed by atoms with Gasteiger partial charge >= 0.3 is 0 Å². The van der Waals surface area contributed by atoms with Gasteiger partial charge in [-0.25, -0.2) is 0 Å². The normalized spacial score (nSPS) is 10.5. The second-order valence-corrected chi connectivity index (χ2v) is 4.42. The zero-order chi connectivity index (χ0) is 11.7. The first-order chi connectivity index (χ1) is 7.59. The van der Waals surface area contributed by atoms with Gasteiger partial charge in [0.05, 0.1) is 5.69 Å². The average molecular weight is 211 g/mol. The van der Waals surface area contributed by atoms with Crippen molar-refractivity contribution in [2.24, 2.45) is 0 Å². The Labute approximate surface area is 97.2 Å². The molecule has 0 aliphatic heterocycles. The molecule has 0 unspecified atom stereocenters. The molecule has 2 aromatic rings. The monoisotopic (exact) mass is 211 g/mol. The maximum atomic E-state index is 4.53. The Morgan fingerprint density at radius 2 is 1.44 bits per heavy atom. The summed E-state index contributed by atoms with van der Waals surface area (Å²) in [4.78, 5) is 4.53. The molecular formula is C15H17N. The van der Waals surface area contributed by atoms with E-state index < -0.39 is 0 Å². The molecule has 0 aliphatic carbocycles. The molecule has 0 fully saturated rings. The largest absolute Gasteiger partial charge is 0.256 e. The predicted octanol–water partition coefficient (Wildman–Crippen LogP) is 3.98. The predicted molar refractivity (Wildman–Crippen MR) is 68.6 cm³/mol. The molecule has 0 saturated heterocycles. The summed E-state index contributed by atoms with van der Waals surface area (Å²) in [7, 11) is 0. The second-order valence-electron chi connectivity index (χ2n) is 4.42. The average Bonchev–Trinajstić information content (AvgIpc) is 2.23. The fraction of sp³-hybridized carbons (Fsp3) is 0.267. The third-order valence-electron chi connectivity index (χ3n) is 3.11. The molecule has 0 atom stereocenters. The molecule has 0 saturated carbocycles. The van der Waals surface area contributed by atoms with Crippen molar-refractivity contribution in [3.05, 3.63) is 52.7 Å². The number of pyridine rings is 1. The van der Waals surface area contributed by atoms with Crippen LogP contribution in [0.25, 0.3) is 11.3 Å². The van der Waals surface area contributed by atoms with Crippen LogP contribution in [0, 0.1) is 27.7 Å². The van der Waals surface area contributed by atoms with E-state index >= 15 is 0 Å². The zero-order valence-electron chi connectivity index (χ0n) is 10.3. The van der Waals surface area contributed by atoms with Crippen LogP contribution in [0.2, 0.25) is 0 Å². The number of hydrogen-bond acceptors (Lipinski definition) is 1. The minimum Gasteiger partial charge on any atom is -0.256 e. The van der Waals surface area contributed by atoms with Gasteiger partial charge in [0.15, 0.2) is 0 Å². The Hall–Kier alpha value is -1.63. The van der Waals surface area contributed by atoms with Crippen LogP contribution in [-0.2, 0) is 0 Å². The highest BCUT2D eigenvalue weighted by atomic mass is 14.7. The molecule has 0 radical (unpaired) electrons. The molecule has 1 aromatic heterocycles. The van der Waals surface area contributed by atoms with Crippen molar-refractivity contribution < 1.29 is 0 Å². The molecule has 0 amide bonds. The van der Waals surface area contributed by atoms with E-state index in [4.69, 9.17) is 0 Å². The highest BCUT2D eigenvalue weighted by Gasteiger charge is 2.07. The molecule has 82 valence electrons. The Kier molecular flexibility index (Phi) is 2.78. The lowest BCUT2D eigenvalue weighted by Gasteiger charge is -2.10. The number of aromatic nitrogens is 1. The van der Waals surface area contributed by atoms with Crippen molar-refractivity contribution in [3.63, 3.8) is 0 Å². The molecule has 1 heterocycles. The van der Waals surface area contributed by atoms with Crippen LogP contribution in [-0.4, -0.2) is 4.98 Å². The summed E-state index contributed by atoms with van der Waals surface area (Å²) in [5.74, 6) is 0. The van der Waals surface area contributed by atoms with Crippen LogP contribution in [0.3, 0.4) is 0 Å². The molecule has 16 heavy (non-hydrogen) atoms. The highest BCUT2D eigenvalue weighted by molar-refractivity contribution is 5.68. The zero-order valence-corrected chi connectivity index (χ0v) is 10.3. The van der Waals surface area contributed by atoms with Gasteiger partial charge in [-0.15, -0.1) is 0 Å². The fourth-order valence-corrected chi connectivity index (χ4v) is 1.98. The van der Waals surface area contributed by atoms with Gasteiger partial charge < -0.3 is 0 Å². The van der Waals surface area contributed by atoms with Crippen molar-refractivity contribution in [2.45, 2.75) is 27.7 Å². The van der Waals surface area contributed by atoms with Crippen LogP contribution in [0.4, 0.5) is 0 Å². The molecule has 1 heteroatoms. The van der Waals surface area contributed by atoms with E-state index in [0.717, 1.165) is 5.69 Å². The lowest BCUT2D eigenvalue weighted by Crippen LogP contribution is -1.93. The van der Waals surface area contributed by atoms with E-state index in [0.29, 0.717) is 0 Å². The molecular weight excluding hydrogens is 194 g/mol. The first-order valence-electron chi connectivity index (χ1n) is 5.59. The minimum absolute atomic E-state index is 1.08. The van der Waals surface area contributed by atoms with Crippen molar-refractivity contribution >= 4 is 0 Å². The Morgan fingerprint density at radius 1 is 0.812 bits per heavy atom. The highest BCUT2D eigenvalue weighted by Crippen LogP contribution is 2.26. The smallest absolute Gasteiger partial charge is 0.0710 e. The van der Waals surface area contributed by atoms with Gasteiger partial charge in [0.1, 0.15) is 0 Å². The van der Waals surface area contributed by atoms with Crippen molar-refractivity contribution in [1.82, 2.24) is 4.98 Å². The van der Waals surface area contributed by atoms with Crippen LogP contribution in [0.5, 0.6) is 0 Å². The Balaban J connectivity index is 2.63. The van der Waals surface area contributed by atoms with E-state index in [9.17, 15) is 0 Å². The number of aryl methyl sites for hydroxylation is 4. The van der Waals surface area contributed by atoms with Gasteiger partial charge in [0.25, 0.3) is 0 Å². The molecule has 0 N–H and O–H groups in total. The van der Waals surface area contributed by atoms with E-state index in [-0.39, 0.29) is 0 Å². The van der Waals surface area contributed by atoms with Gasteiger partial charge in [-0.3, -0.25) is 4.98 Å². The van der Waals surface area contributed by atoms with Crippen LogP contribution < -0.4 is 0 Å². The topological polar surface area (TPSA) is 12.9 Å². The third kappa shape index (κ3) is 1.85. The van der Waals surface area contributed by atoms with Crippen LogP contribution in [0.1, 0.15) is 22.3 Å². The SMILES string of the molecule is Cc1cnc(-c2c(C)cccc2C)cc1C. The molecule has 1 aromatic carbocycles. The van der Waals surface area contributed by atoms with Crippen LogP contribution in [0.15, 0.2) is 30.5 Å². The van der Waals surface area contributed by atoms with E-state index in [1.54, 1.807) is 0 Å². The fourth-order valence-electron chi connectivity index (χ4n) is 1.98. The molecule has 2 rings (SSSR count). The number of rotatable bonds is 1. The summed E-state index contributed by atoms with van der Waals surface area (Å²) in [6, 6.07) is 8.54. The summed E-state index contributed by atoms with van der Waals surface area (Å²) in [6.45, 7) is 8.50. The van der Waals surface area contributed by atoms with Gasteiger partial charge in [-0.05, 0) is 56.0 Å². The Morgan fingerprint density at radius 3 is 2.00 bits per heavy atom. The number of hydrogen-bond donors (Lipinski definition) is 0. The first kappa shape index (κ1) is 10.9. The number of benzene rings is 1. The second kappa shape index (κ2) is 4.09. The maximum Gasteiger partial charge on any atom is 0.0710 e. The lowest BCUT2D eigenvalue weighted by atomic mass is 9.98. The van der Waals surface area contributed by atoms with Crippen molar-refractivity contribution in [2.75, 3.05) is 0 Å². The molecule has 0 bridgehead atoms. The summed E-state index contributed by atoms with van der Waals surface area (Å²) in [5, 5.41) is 0. The summed E-state index contributed by atoms with van der Waals surface area (Å²) < 4.78 is 0. The van der Waals surface area contributed by atoms with Gasteiger partial charge in [0, 0.05) is 11.8 Å². The summed E-state index contributed by atoms with van der Waals surface area (Å²) in [6.07, 6.45) is 1.95. The third-order valence-corrected chi connectivity index (χ3v) is 3.11. The lowest BCUT2D eigenvalue weighted by molar-refractivity contribution is 1.20. The molecule has 0 aliphatic rings. The van der Waals surface area contributed by atoms with E-state index in [1.165, 1.54) is 27.8 Å². The van der Waals surface area contributed by atoms with Crippen molar-refractivity contribution in [3.8, 4) is 11.3 Å². The van der Waals surface area contributed by atoms with E-state index in [2.05, 4.69) is 56.9 Å². The molecule has 1 nitrogen and oxygen atoms in total. The summed E-state index contributed by atoms with van der Waals surface area (Å²) >= 11 is 0. The van der Waals surface area contributed by atoms with Crippen molar-refractivity contribution in [1.29, 1.82) is 0 Å².